The molecule has 1 aromatic heterocycles. The number of aromatic nitrogens is 1. The Hall–Kier alpha value is -3.48. The molecule has 1 atom stereocenters. The zero-order chi connectivity index (χ0) is 26.5. The zero-order valence-corrected chi connectivity index (χ0v) is 22.0. The first-order valence-electron chi connectivity index (χ1n) is 10.8. The minimum atomic E-state index is -0.706. The fourth-order valence-electron chi connectivity index (χ4n) is 3.23. The van der Waals surface area contributed by atoms with Crippen LogP contribution in [0.25, 0.3) is 0 Å². The van der Waals surface area contributed by atoms with E-state index in [0.29, 0.717) is 17.5 Å². The van der Waals surface area contributed by atoms with E-state index in [0.717, 1.165) is 22.4 Å². The molecule has 0 saturated carbocycles. The highest BCUT2D eigenvalue weighted by molar-refractivity contribution is 6.29. The number of hydrogen-bond acceptors (Lipinski definition) is 7. The van der Waals surface area contributed by atoms with Crippen molar-refractivity contribution in [1.82, 2.24) is 9.88 Å². The number of halogens is 1. The number of amidine groups is 1. The van der Waals surface area contributed by atoms with Gasteiger partial charge in [-0.15, -0.1) is 0 Å². The molecule has 188 valence electrons. The average molecular weight is 502 g/mol. The van der Waals surface area contributed by atoms with Crippen molar-refractivity contribution < 1.29 is 19.1 Å². The Bertz CT molecular complexity index is 1050. The maximum absolute atomic E-state index is 12.3. The number of anilines is 1. The van der Waals surface area contributed by atoms with E-state index in [1.54, 1.807) is 32.3 Å². The number of nitriles is 1. The first-order chi connectivity index (χ1) is 16.6. The number of para-hydroxylation sites is 1. The molecule has 1 heterocycles. The van der Waals surface area contributed by atoms with Crippen LogP contribution >= 0.6 is 11.6 Å². The molecule has 0 saturated heterocycles. The number of nitrogens with zero attached hydrogens (tertiary/aromatic N) is 5. The maximum Gasteiger partial charge on any atom is 0.328 e. The molecular weight excluding hydrogens is 470 g/mol. The van der Waals surface area contributed by atoms with E-state index in [9.17, 15) is 9.59 Å². The van der Waals surface area contributed by atoms with Gasteiger partial charge in [-0.25, -0.2) is 9.78 Å². The number of ether oxygens (including phenoxy) is 2. The van der Waals surface area contributed by atoms with E-state index in [4.69, 9.17) is 26.3 Å². The largest absolute Gasteiger partial charge is 0.467 e. The van der Waals surface area contributed by atoms with E-state index in [1.165, 1.54) is 19.1 Å². The van der Waals surface area contributed by atoms with Crippen molar-refractivity contribution in [2.24, 2.45) is 4.99 Å². The fraction of sp³-hybridized carbons (Fsp3) is 0.400. The minimum Gasteiger partial charge on any atom is -0.467 e. The summed E-state index contributed by atoms with van der Waals surface area (Å²) in [5.41, 5.74) is 3.59. The Balaban J connectivity index is 0.000000365. The second-order valence-corrected chi connectivity index (χ2v) is 8.13. The Labute approximate surface area is 211 Å². The third kappa shape index (κ3) is 9.00. The minimum absolute atomic E-state index is 0.0882. The highest BCUT2D eigenvalue weighted by Gasteiger charge is 2.29. The number of methoxy groups -OCH3 is 2. The predicted molar refractivity (Wildman–Crippen MR) is 136 cm³/mol. The lowest BCUT2D eigenvalue weighted by Gasteiger charge is -2.30. The maximum atomic E-state index is 12.3. The molecule has 0 spiro atoms. The van der Waals surface area contributed by atoms with Crippen molar-refractivity contribution in [3.63, 3.8) is 0 Å². The van der Waals surface area contributed by atoms with E-state index >= 15 is 0 Å². The summed E-state index contributed by atoms with van der Waals surface area (Å²) in [7, 11) is 4.62. The topological polar surface area (TPSA) is 108 Å². The van der Waals surface area contributed by atoms with Crippen LogP contribution in [-0.2, 0) is 25.6 Å². The summed E-state index contributed by atoms with van der Waals surface area (Å²) in [5.74, 6) is -0.0626. The van der Waals surface area contributed by atoms with E-state index in [-0.39, 0.29) is 12.5 Å². The van der Waals surface area contributed by atoms with Crippen LogP contribution in [0.15, 0.2) is 41.5 Å². The van der Waals surface area contributed by atoms with Crippen LogP contribution < -0.4 is 4.90 Å². The predicted octanol–water partition coefficient (Wildman–Crippen LogP) is 3.91. The fourth-order valence-corrected chi connectivity index (χ4v) is 3.35. The van der Waals surface area contributed by atoms with Crippen LogP contribution in [0.2, 0.25) is 5.15 Å². The summed E-state index contributed by atoms with van der Waals surface area (Å²) < 4.78 is 9.65. The first kappa shape index (κ1) is 29.6. The molecule has 0 bridgehead atoms. The first-order valence-corrected chi connectivity index (χ1v) is 11.1. The van der Waals surface area contributed by atoms with Gasteiger partial charge in [0.2, 0.25) is 6.19 Å². The normalized spacial score (nSPS) is 11.5. The summed E-state index contributed by atoms with van der Waals surface area (Å²) in [6.07, 6.45) is 3.46. The molecule has 0 unspecified atom stereocenters. The van der Waals surface area contributed by atoms with Crippen LogP contribution in [0.1, 0.15) is 30.5 Å². The van der Waals surface area contributed by atoms with E-state index in [1.807, 2.05) is 50.1 Å². The highest BCUT2D eigenvalue weighted by atomic mass is 35.5. The molecule has 1 aromatic carbocycles. The van der Waals surface area contributed by atoms with Crippen molar-refractivity contribution in [3.8, 4) is 6.19 Å². The summed E-state index contributed by atoms with van der Waals surface area (Å²) in [4.78, 5) is 35.0. The van der Waals surface area contributed by atoms with Crippen molar-refractivity contribution in [2.45, 2.75) is 40.3 Å². The monoisotopic (exact) mass is 501 g/mol. The Morgan fingerprint density at radius 1 is 1.20 bits per heavy atom. The van der Waals surface area contributed by atoms with Crippen LogP contribution in [0.4, 0.5) is 5.69 Å². The molecule has 0 radical (unpaired) electrons. The number of carbonyl (C=O) groups excluding carboxylic acids is 2. The number of aryl methyl sites for hydroxylation is 2. The third-order valence-corrected chi connectivity index (χ3v) is 5.34. The molecule has 10 heteroatoms. The lowest BCUT2D eigenvalue weighted by atomic mass is 10.1. The highest BCUT2D eigenvalue weighted by Crippen LogP contribution is 2.27. The second kappa shape index (κ2) is 14.7. The molecule has 0 N–H and O–H groups in total. The summed E-state index contributed by atoms with van der Waals surface area (Å²) in [6, 6.07) is 8.64. The van der Waals surface area contributed by atoms with Crippen molar-refractivity contribution in [3.05, 3.63) is 58.4 Å². The number of benzene rings is 1. The number of pyridine rings is 1. The molecular formula is C25H32ClN5O4. The van der Waals surface area contributed by atoms with Gasteiger partial charge in [-0.1, -0.05) is 35.9 Å². The molecule has 0 aliphatic heterocycles. The molecule has 2 aromatic rings. The van der Waals surface area contributed by atoms with Gasteiger partial charge < -0.3 is 14.4 Å². The van der Waals surface area contributed by atoms with Gasteiger partial charge in [-0.05, 0) is 50.5 Å². The Morgan fingerprint density at radius 2 is 1.83 bits per heavy atom. The summed E-state index contributed by atoms with van der Waals surface area (Å²) in [5, 5.41) is 8.87. The van der Waals surface area contributed by atoms with Crippen molar-refractivity contribution >= 4 is 35.0 Å². The second-order valence-electron chi connectivity index (χ2n) is 7.74. The summed E-state index contributed by atoms with van der Waals surface area (Å²) >= 11 is 5.67. The number of hydrogen-bond donors (Lipinski definition) is 0. The lowest BCUT2D eigenvalue weighted by Crippen LogP contribution is -2.46. The van der Waals surface area contributed by atoms with Gasteiger partial charge in [0.1, 0.15) is 23.6 Å². The molecule has 35 heavy (non-hydrogen) atoms. The van der Waals surface area contributed by atoms with Crippen LogP contribution in [0, 0.1) is 25.3 Å². The number of carbonyl (C=O) groups is 2. The molecule has 0 aliphatic carbocycles. The van der Waals surface area contributed by atoms with Gasteiger partial charge in [-0.2, -0.15) is 10.3 Å². The average Bonchev–Trinajstić information content (AvgIpc) is 2.82. The third-order valence-electron chi connectivity index (χ3n) is 5.12. The van der Waals surface area contributed by atoms with Crippen molar-refractivity contribution in [1.29, 1.82) is 5.26 Å². The van der Waals surface area contributed by atoms with Gasteiger partial charge in [0, 0.05) is 26.9 Å². The quantitative estimate of drug-likeness (QED) is 0.186. The van der Waals surface area contributed by atoms with E-state index < -0.39 is 12.0 Å². The molecule has 0 aliphatic rings. The van der Waals surface area contributed by atoms with Crippen molar-refractivity contribution in [2.75, 3.05) is 32.8 Å². The standard InChI is InChI=1S/C15H21NO4.C10H11ClN4/c1-10-7-6-8-11(2)14(10)16(13(17)9-19-4)12(3)15(18)20-5;1-8(14-7-12)15(2)6-9-3-4-10(11)13-5-9/h6-8,12H,9H2,1-5H3;3-5H,6H2,1-2H3/t12-;/m1./s1. The van der Waals surface area contributed by atoms with E-state index in [2.05, 4.69) is 9.98 Å². The van der Waals surface area contributed by atoms with Gasteiger partial charge >= 0.3 is 5.97 Å². The van der Waals surface area contributed by atoms with Gasteiger partial charge in [0.05, 0.1) is 12.8 Å². The molecule has 1 amide bonds. The Morgan fingerprint density at radius 3 is 2.31 bits per heavy atom. The summed E-state index contributed by atoms with van der Waals surface area (Å²) in [6.45, 7) is 7.80. The lowest BCUT2D eigenvalue weighted by molar-refractivity contribution is -0.143. The van der Waals surface area contributed by atoms with Crippen LogP contribution in [0.5, 0.6) is 0 Å². The van der Waals surface area contributed by atoms with Gasteiger partial charge in [0.25, 0.3) is 5.91 Å². The van der Waals surface area contributed by atoms with Crippen LogP contribution in [0.3, 0.4) is 0 Å². The molecule has 0 fully saturated rings. The molecule has 9 nitrogen and oxygen atoms in total. The smallest absolute Gasteiger partial charge is 0.328 e. The molecule has 2 rings (SSSR count). The Kier molecular flexibility index (Phi) is 12.4. The number of aliphatic imine (C=N–C) groups is 1. The zero-order valence-electron chi connectivity index (χ0n) is 21.2. The number of rotatable bonds is 7. The number of esters is 1. The SMILES string of the molecule is CC(=NC#N)N(C)Cc1ccc(Cl)nc1.COCC(=O)N(c1c(C)cccc1C)[C@H](C)C(=O)OC. The number of amides is 1. The van der Waals surface area contributed by atoms with Gasteiger partial charge in [-0.3, -0.25) is 9.69 Å². The van der Waals surface area contributed by atoms with Crippen LogP contribution in [-0.4, -0.2) is 61.5 Å². The van der Waals surface area contributed by atoms with Gasteiger partial charge in [0.15, 0.2) is 0 Å².